The second-order valence-electron chi connectivity index (χ2n) is 10.5. The van der Waals surface area contributed by atoms with Crippen LogP contribution in [0.15, 0.2) is 23.8 Å². The van der Waals surface area contributed by atoms with E-state index in [0.29, 0.717) is 11.2 Å². The van der Waals surface area contributed by atoms with Gasteiger partial charge in [-0.05, 0) is 0 Å². The zero-order valence-corrected chi connectivity index (χ0v) is 24.5. The normalized spacial score (nSPS) is 36.6. The molecule has 2 unspecified atom stereocenters. The van der Waals surface area contributed by atoms with Gasteiger partial charge >= 0.3 is 15.6 Å². The van der Waals surface area contributed by atoms with Gasteiger partial charge in [0.15, 0.2) is 28.4 Å². The van der Waals surface area contributed by atoms with Gasteiger partial charge in [0.25, 0.3) is 5.56 Å². The third-order valence-corrected chi connectivity index (χ3v) is 9.66. The monoisotopic (exact) mass is 656 g/mol. The number of nitrogens with two attached hydrogens (primary N) is 2. The highest BCUT2D eigenvalue weighted by atomic mass is 31.2. The fourth-order valence-corrected chi connectivity index (χ4v) is 7.74. The lowest BCUT2D eigenvalue weighted by Crippen LogP contribution is -2.37. The van der Waals surface area contributed by atoms with Gasteiger partial charge in [-0.15, -0.1) is 0 Å². The summed E-state index contributed by atoms with van der Waals surface area (Å²) >= 11 is 0. The molecule has 7 rings (SSSR count). The molecule has 0 aliphatic carbocycles. The minimum Gasteiger partial charge on any atom is -0.382 e. The SMILES string of the molecule is C[C@@H]1[C@@H]2OP(=O)(O)OC[C@@H]3C[C@](n4cnc5c(=O)[nH]c(N)nc54)(CO3)OP(=O)(O)OC[C@H]2O[C@H]1n1cnc2c(N)ncnc21. The number of aromatic nitrogens is 8. The summed E-state index contributed by atoms with van der Waals surface area (Å²) in [5.41, 5.74) is 9.60. The minimum absolute atomic E-state index is 0.0650. The lowest BCUT2D eigenvalue weighted by atomic mass is 10.0. The molecule has 0 radical (unpaired) electrons. The van der Waals surface area contributed by atoms with Crippen molar-refractivity contribution in [1.82, 2.24) is 39.0 Å². The quantitative estimate of drug-likeness (QED) is 0.174. The van der Waals surface area contributed by atoms with E-state index < -0.39 is 70.6 Å². The second kappa shape index (κ2) is 10.3. The van der Waals surface area contributed by atoms with Gasteiger partial charge in [0.05, 0.1) is 38.6 Å². The topological polar surface area (TPSA) is 289 Å². The van der Waals surface area contributed by atoms with Crippen molar-refractivity contribution < 1.29 is 46.5 Å². The standard InChI is InChI=1S/C21H26N10O11P2/c1-9-14-11(40-19(9)30-7-26-12-15(22)24-6-25-16(12)30)4-39-44(35,36)42-21(2-10(37-5-21)3-38-43(33,34)41-14)31-8-27-13-17(31)28-20(23)29-18(13)32/h6-11,14,19H,2-5H2,1H3,(H,33,34)(H,35,36)(H2,22,24,25)(H3,23,28,29,32)/t9-,10+,11-,14+,19-,21-/m1/s1. The lowest BCUT2D eigenvalue weighted by molar-refractivity contribution is -0.0691. The van der Waals surface area contributed by atoms with Crippen LogP contribution in [0.4, 0.5) is 11.8 Å². The summed E-state index contributed by atoms with van der Waals surface area (Å²) in [6.07, 6.45) is -0.585. The third-order valence-electron chi connectivity index (χ3n) is 7.63. The Labute approximate surface area is 245 Å². The van der Waals surface area contributed by atoms with Crippen LogP contribution in [0.2, 0.25) is 0 Å². The van der Waals surface area contributed by atoms with Crippen molar-refractivity contribution in [2.75, 3.05) is 31.3 Å². The average molecular weight is 656 g/mol. The number of H-pyrrole nitrogens is 1. The van der Waals surface area contributed by atoms with Gasteiger partial charge in [-0.2, -0.15) is 4.98 Å². The molecule has 3 saturated heterocycles. The lowest BCUT2D eigenvalue weighted by Gasteiger charge is -2.31. The Morgan fingerprint density at radius 1 is 1.05 bits per heavy atom. The number of imidazole rings is 2. The van der Waals surface area contributed by atoms with E-state index in [0.717, 1.165) is 0 Å². The van der Waals surface area contributed by atoms with E-state index in [4.69, 9.17) is 39.0 Å². The zero-order valence-electron chi connectivity index (χ0n) is 22.7. The summed E-state index contributed by atoms with van der Waals surface area (Å²) in [6.45, 7) is 0.185. The Morgan fingerprint density at radius 3 is 2.64 bits per heavy atom. The molecule has 3 fully saturated rings. The van der Waals surface area contributed by atoms with Crippen molar-refractivity contribution >= 4 is 49.7 Å². The summed E-state index contributed by atoms with van der Waals surface area (Å²) in [5, 5.41) is 0. The molecule has 236 valence electrons. The van der Waals surface area contributed by atoms with Gasteiger partial charge in [-0.25, -0.2) is 29.1 Å². The van der Waals surface area contributed by atoms with Crippen LogP contribution in [-0.2, 0) is 42.4 Å². The summed E-state index contributed by atoms with van der Waals surface area (Å²) in [4.78, 5) is 56.8. The zero-order chi connectivity index (χ0) is 31.0. The molecule has 0 spiro atoms. The van der Waals surface area contributed by atoms with Gasteiger partial charge in [0.2, 0.25) is 5.95 Å². The van der Waals surface area contributed by atoms with Crippen molar-refractivity contribution in [3.8, 4) is 0 Å². The van der Waals surface area contributed by atoms with E-state index in [1.165, 1.54) is 28.1 Å². The van der Waals surface area contributed by atoms with E-state index in [1.807, 2.05) is 0 Å². The number of hydrogen-bond acceptors (Lipinski definition) is 16. The maximum absolute atomic E-state index is 13.5. The van der Waals surface area contributed by atoms with Crippen LogP contribution in [0.5, 0.6) is 0 Å². The molecule has 44 heavy (non-hydrogen) atoms. The van der Waals surface area contributed by atoms with Crippen LogP contribution in [-0.4, -0.2) is 87.0 Å². The van der Waals surface area contributed by atoms with E-state index >= 15 is 0 Å². The predicted molar refractivity (Wildman–Crippen MR) is 145 cm³/mol. The number of nitrogens with zero attached hydrogens (tertiary/aromatic N) is 7. The molecule has 3 aliphatic rings. The summed E-state index contributed by atoms with van der Waals surface area (Å²) in [7, 11) is -9.74. The Morgan fingerprint density at radius 2 is 1.82 bits per heavy atom. The Balaban J connectivity index is 1.24. The number of fused-ring (bicyclic) bond motifs is 5. The molecule has 4 aromatic heterocycles. The van der Waals surface area contributed by atoms with Crippen molar-refractivity contribution in [3.63, 3.8) is 0 Å². The first-order chi connectivity index (χ1) is 20.8. The highest BCUT2D eigenvalue weighted by Crippen LogP contribution is 2.56. The van der Waals surface area contributed by atoms with Crippen LogP contribution in [0.1, 0.15) is 19.6 Å². The molecule has 21 nitrogen and oxygen atoms in total. The van der Waals surface area contributed by atoms with Crippen molar-refractivity contribution in [2.24, 2.45) is 5.92 Å². The maximum atomic E-state index is 13.5. The van der Waals surface area contributed by atoms with Gasteiger partial charge < -0.3 is 30.7 Å². The van der Waals surface area contributed by atoms with Crippen LogP contribution < -0.4 is 17.0 Å². The summed E-state index contributed by atoms with van der Waals surface area (Å²) in [6, 6.07) is 0. The Hall–Kier alpha value is -3.36. The smallest absolute Gasteiger partial charge is 0.382 e. The number of nitrogens with one attached hydrogen (secondary N) is 1. The predicted octanol–water partition coefficient (Wildman–Crippen LogP) is -0.251. The summed E-state index contributed by atoms with van der Waals surface area (Å²) in [5.74, 6) is -0.776. The number of phosphoric acid groups is 2. The number of hydrogen-bond donors (Lipinski definition) is 5. The number of nitrogen functional groups attached to an aromatic ring is 2. The van der Waals surface area contributed by atoms with Gasteiger partial charge in [-0.1, -0.05) is 6.92 Å². The van der Waals surface area contributed by atoms with E-state index in [9.17, 15) is 23.7 Å². The molecule has 23 heteroatoms. The fraction of sp³-hybridized carbons (Fsp3) is 0.524. The third kappa shape index (κ3) is 5.00. The molecule has 7 heterocycles. The molecule has 0 amide bonds. The van der Waals surface area contributed by atoms with E-state index in [-0.39, 0.29) is 36.0 Å². The first-order valence-electron chi connectivity index (χ1n) is 13.1. The summed E-state index contributed by atoms with van der Waals surface area (Å²) < 4.78 is 63.2. The number of ether oxygens (including phenoxy) is 2. The average Bonchev–Trinajstić information content (AvgIpc) is 3.72. The van der Waals surface area contributed by atoms with Crippen molar-refractivity contribution in [1.29, 1.82) is 0 Å². The highest BCUT2D eigenvalue weighted by molar-refractivity contribution is 7.47. The Bertz CT molecular complexity index is 1920. The molecular weight excluding hydrogens is 630 g/mol. The number of anilines is 2. The molecule has 2 bridgehead atoms. The molecule has 4 aromatic rings. The molecule has 8 atom stereocenters. The first kappa shape index (κ1) is 29.4. The maximum Gasteiger partial charge on any atom is 0.474 e. The minimum atomic E-state index is -4.97. The Kier molecular flexibility index (Phi) is 6.90. The van der Waals surface area contributed by atoms with Crippen LogP contribution in [0.25, 0.3) is 22.3 Å². The molecule has 3 aliphatic heterocycles. The number of rotatable bonds is 2. The van der Waals surface area contributed by atoms with Crippen molar-refractivity contribution in [2.45, 2.75) is 43.6 Å². The first-order valence-corrected chi connectivity index (χ1v) is 16.1. The molecule has 0 saturated carbocycles. The van der Waals surface area contributed by atoms with Crippen molar-refractivity contribution in [3.05, 3.63) is 29.3 Å². The molecule has 7 N–H and O–H groups in total. The van der Waals surface area contributed by atoms with Crippen LogP contribution in [0, 0.1) is 5.92 Å². The van der Waals surface area contributed by atoms with Gasteiger partial charge in [0.1, 0.15) is 30.3 Å². The number of phosphoric ester groups is 2. The fourth-order valence-electron chi connectivity index (χ4n) is 5.65. The van der Waals surface area contributed by atoms with Crippen LogP contribution >= 0.6 is 15.6 Å². The molecular formula is C21H26N10O11P2. The van der Waals surface area contributed by atoms with E-state index in [1.54, 1.807) is 6.92 Å². The van der Waals surface area contributed by atoms with Gasteiger partial charge in [0, 0.05) is 12.3 Å². The van der Waals surface area contributed by atoms with Gasteiger partial charge in [-0.3, -0.25) is 37.0 Å². The second-order valence-corrected chi connectivity index (χ2v) is 13.3. The molecule has 0 aromatic carbocycles. The number of aromatic amines is 1. The van der Waals surface area contributed by atoms with E-state index in [2.05, 4.69) is 29.9 Å². The highest BCUT2D eigenvalue weighted by Gasteiger charge is 2.53. The largest absolute Gasteiger partial charge is 0.474 e. The van der Waals surface area contributed by atoms with Crippen LogP contribution in [0.3, 0.4) is 0 Å².